The molecule has 0 saturated carbocycles. The number of hydrogen-bond donors (Lipinski definition) is 2. The molecule has 11 heteroatoms. The van der Waals surface area contributed by atoms with Crippen LogP contribution in [0.25, 0.3) is 0 Å². The molecule has 2 atom stereocenters. The molecular formula is C23H21N7O4. The Hall–Kier alpha value is -4.72. The predicted molar refractivity (Wildman–Crippen MR) is 120 cm³/mol. The summed E-state index contributed by atoms with van der Waals surface area (Å²) < 4.78 is 7.58. The Kier molecular flexibility index (Phi) is 5.97. The highest BCUT2D eigenvalue weighted by molar-refractivity contribution is 6.04. The van der Waals surface area contributed by atoms with Crippen LogP contribution in [0.15, 0.2) is 58.3 Å². The fraction of sp³-hybridized carbons (Fsp3) is 0.217. The number of nitriles is 1. The highest BCUT2D eigenvalue weighted by Gasteiger charge is 2.32. The lowest BCUT2D eigenvalue weighted by molar-refractivity contribution is 0.101. The molecule has 0 bridgehead atoms. The van der Waals surface area contributed by atoms with Gasteiger partial charge in [0.1, 0.15) is 17.8 Å². The summed E-state index contributed by atoms with van der Waals surface area (Å²) in [5.74, 6) is -2.24. The summed E-state index contributed by atoms with van der Waals surface area (Å²) in [5, 5.41) is 30.4. The van der Waals surface area contributed by atoms with Crippen LogP contribution in [-0.4, -0.2) is 35.5 Å². The zero-order valence-electron chi connectivity index (χ0n) is 18.6. The molecule has 0 radical (unpaired) electrons. The van der Waals surface area contributed by atoms with Crippen molar-refractivity contribution in [1.82, 2.24) is 24.5 Å². The third-order valence-electron chi connectivity index (χ3n) is 5.71. The summed E-state index contributed by atoms with van der Waals surface area (Å²) in [5.41, 5.74) is 1.02. The van der Waals surface area contributed by atoms with Crippen LogP contribution in [0.2, 0.25) is 0 Å². The number of nitrogens with zero attached hydrogens (tertiary/aromatic N) is 6. The number of carbonyl (C=O) groups is 1. The van der Waals surface area contributed by atoms with E-state index < -0.39 is 34.7 Å². The van der Waals surface area contributed by atoms with E-state index in [-0.39, 0.29) is 11.5 Å². The highest BCUT2D eigenvalue weighted by Crippen LogP contribution is 2.38. The van der Waals surface area contributed by atoms with E-state index in [1.165, 1.54) is 24.1 Å². The number of aromatic hydroxyl groups is 1. The zero-order chi connectivity index (χ0) is 24.4. The average molecular weight is 459 g/mol. The first-order valence-electron chi connectivity index (χ1n) is 10.3. The van der Waals surface area contributed by atoms with Crippen molar-refractivity contribution in [2.45, 2.75) is 18.8 Å². The minimum atomic E-state index is -0.790. The molecule has 3 aromatic heterocycles. The van der Waals surface area contributed by atoms with Gasteiger partial charge in [-0.25, -0.2) is 4.98 Å². The highest BCUT2D eigenvalue weighted by atomic mass is 16.5. The number of rotatable bonds is 6. The molecular weight excluding hydrogens is 438 g/mol. The van der Waals surface area contributed by atoms with E-state index in [1.807, 2.05) is 25.1 Å². The maximum absolute atomic E-state index is 12.8. The van der Waals surface area contributed by atoms with E-state index in [0.717, 1.165) is 11.3 Å². The van der Waals surface area contributed by atoms with E-state index in [0.29, 0.717) is 5.56 Å². The molecule has 1 aromatic carbocycles. The standard InChI is InChI=1S/C23H21N7O4/c1-13(18(17-8-9-25-30(17)3)16-7-5-4-6-14(16)10-24)21-28-19(20(31)23(33)29(21)2)22(32)27-15-11-26-34-12-15/h4-9,11-13,18,31H,1-3H3,(H,27,32)/t13-,18-/m0/s1. The lowest BCUT2D eigenvalue weighted by atomic mass is 9.81. The average Bonchev–Trinajstić information content (AvgIpc) is 3.50. The third-order valence-corrected chi connectivity index (χ3v) is 5.71. The summed E-state index contributed by atoms with van der Waals surface area (Å²) in [6.45, 7) is 1.84. The molecule has 11 nitrogen and oxygen atoms in total. The zero-order valence-corrected chi connectivity index (χ0v) is 18.6. The Balaban J connectivity index is 1.87. The molecule has 3 heterocycles. The van der Waals surface area contributed by atoms with Crippen molar-refractivity contribution in [3.8, 4) is 11.8 Å². The second-order valence-corrected chi connectivity index (χ2v) is 7.74. The smallest absolute Gasteiger partial charge is 0.296 e. The van der Waals surface area contributed by atoms with Gasteiger partial charge in [0.05, 0.1) is 17.8 Å². The summed E-state index contributed by atoms with van der Waals surface area (Å²) in [7, 11) is 3.25. The largest absolute Gasteiger partial charge is 0.501 e. The van der Waals surface area contributed by atoms with Crippen LogP contribution in [0.1, 0.15) is 51.9 Å². The van der Waals surface area contributed by atoms with Gasteiger partial charge in [0.15, 0.2) is 5.69 Å². The van der Waals surface area contributed by atoms with Gasteiger partial charge in [-0.3, -0.25) is 18.8 Å². The van der Waals surface area contributed by atoms with Crippen LogP contribution in [0.3, 0.4) is 0 Å². The van der Waals surface area contributed by atoms with Crippen molar-refractivity contribution in [3.63, 3.8) is 0 Å². The van der Waals surface area contributed by atoms with Crippen LogP contribution in [0, 0.1) is 11.3 Å². The van der Waals surface area contributed by atoms with Crippen molar-refractivity contribution in [2.24, 2.45) is 14.1 Å². The number of aryl methyl sites for hydroxylation is 1. The third kappa shape index (κ3) is 3.93. The molecule has 0 unspecified atom stereocenters. The van der Waals surface area contributed by atoms with Gasteiger partial charge in [-0.2, -0.15) is 10.4 Å². The molecule has 0 aliphatic rings. The summed E-state index contributed by atoms with van der Waals surface area (Å²) in [4.78, 5) is 30.0. The molecule has 4 aromatic rings. The van der Waals surface area contributed by atoms with E-state index in [9.17, 15) is 20.0 Å². The number of carbonyl (C=O) groups excluding carboxylic acids is 1. The first-order valence-corrected chi connectivity index (χ1v) is 10.3. The van der Waals surface area contributed by atoms with Gasteiger partial charge in [-0.15, -0.1) is 0 Å². The normalized spacial score (nSPS) is 12.6. The van der Waals surface area contributed by atoms with Crippen LogP contribution < -0.4 is 10.9 Å². The Labute approximate surface area is 193 Å². The first kappa shape index (κ1) is 22.5. The van der Waals surface area contributed by atoms with Gasteiger partial charge in [-0.05, 0) is 17.7 Å². The van der Waals surface area contributed by atoms with Crippen molar-refractivity contribution < 1.29 is 14.4 Å². The minimum absolute atomic E-state index is 0.247. The Morgan fingerprint density at radius 2 is 2.03 bits per heavy atom. The quantitative estimate of drug-likeness (QED) is 0.445. The van der Waals surface area contributed by atoms with Gasteiger partial charge in [0.2, 0.25) is 5.75 Å². The number of nitrogens with one attached hydrogen (secondary N) is 1. The van der Waals surface area contributed by atoms with Crippen LogP contribution >= 0.6 is 0 Å². The number of aromatic nitrogens is 5. The minimum Gasteiger partial charge on any atom is -0.501 e. The van der Waals surface area contributed by atoms with Crippen molar-refractivity contribution >= 4 is 11.6 Å². The monoisotopic (exact) mass is 459 g/mol. The lowest BCUT2D eigenvalue weighted by Gasteiger charge is -2.27. The van der Waals surface area contributed by atoms with Crippen LogP contribution in [0.4, 0.5) is 5.69 Å². The van der Waals surface area contributed by atoms with Gasteiger partial charge in [0.25, 0.3) is 11.5 Å². The molecule has 4 rings (SSSR count). The fourth-order valence-electron chi connectivity index (χ4n) is 4.02. The van der Waals surface area contributed by atoms with Crippen molar-refractivity contribution in [3.05, 3.63) is 87.7 Å². The Morgan fingerprint density at radius 1 is 1.26 bits per heavy atom. The van der Waals surface area contributed by atoms with Gasteiger partial charge in [0, 0.05) is 37.8 Å². The lowest BCUT2D eigenvalue weighted by Crippen LogP contribution is -2.30. The molecule has 0 spiro atoms. The van der Waals surface area contributed by atoms with E-state index in [1.54, 1.807) is 30.1 Å². The molecule has 0 aliphatic heterocycles. The first-order chi connectivity index (χ1) is 16.3. The van der Waals surface area contributed by atoms with Crippen molar-refractivity contribution in [1.29, 1.82) is 5.26 Å². The van der Waals surface area contributed by atoms with Crippen LogP contribution in [0.5, 0.6) is 5.75 Å². The Bertz CT molecular complexity index is 1450. The molecule has 0 saturated heterocycles. The molecule has 0 aliphatic carbocycles. The van der Waals surface area contributed by atoms with Gasteiger partial charge >= 0.3 is 0 Å². The summed E-state index contributed by atoms with van der Waals surface area (Å²) in [6.07, 6.45) is 4.12. The number of hydrogen-bond acceptors (Lipinski definition) is 8. The second kappa shape index (κ2) is 9.03. The number of benzene rings is 1. The molecule has 0 fully saturated rings. The maximum Gasteiger partial charge on any atom is 0.296 e. The van der Waals surface area contributed by atoms with E-state index in [2.05, 4.69) is 26.6 Å². The second-order valence-electron chi connectivity index (χ2n) is 7.74. The molecule has 1 amide bonds. The number of amides is 1. The van der Waals surface area contributed by atoms with E-state index >= 15 is 0 Å². The molecule has 172 valence electrons. The van der Waals surface area contributed by atoms with Gasteiger partial charge < -0.3 is 14.9 Å². The van der Waals surface area contributed by atoms with E-state index in [4.69, 9.17) is 4.52 Å². The molecule has 2 N–H and O–H groups in total. The topological polar surface area (TPSA) is 152 Å². The van der Waals surface area contributed by atoms with Crippen LogP contribution in [-0.2, 0) is 14.1 Å². The summed E-state index contributed by atoms with van der Waals surface area (Å²) in [6, 6.07) is 11.2. The maximum atomic E-state index is 12.8. The Morgan fingerprint density at radius 3 is 2.68 bits per heavy atom. The van der Waals surface area contributed by atoms with Crippen molar-refractivity contribution in [2.75, 3.05) is 5.32 Å². The fourth-order valence-corrected chi connectivity index (χ4v) is 4.02. The van der Waals surface area contributed by atoms with Gasteiger partial charge in [-0.1, -0.05) is 30.3 Å². The SMILES string of the molecule is C[C@H](c1nc(C(=O)Nc2cnoc2)c(O)c(=O)n1C)[C@@H](c1ccccc1C#N)c1ccnn1C. The number of anilines is 1. The summed E-state index contributed by atoms with van der Waals surface area (Å²) >= 11 is 0. The molecule has 34 heavy (non-hydrogen) atoms. The predicted octanol–water partition coefficient (Wildman–Crippen LogP) is 2.27.